The maximum atomic E-state index is 12.1. The lowest BCUT2D eigenvalue weighted by Crippen LogP contribution is -2.28. The molecule has 0 bridgehead atoms. The van der Waals surface area contributed by atoms with Crippen LogP contribution in [-0.4, -0.2) is 15.9 Å². The maximum absolute atomic E-state index is 12.1. The molecule has 4 nitrogen and oxygen atoms in total. The fourth-order valence-electron chi connectivity index (χ4n) is 1.78. The zero-order valence-electron chi connectivity index (χ0n) is 10.5. The van der Waals surface area contributed by atoms with Crippen molar-refractivity contribution in [1.29, 1.82) is 0 Å². The van der Waals surface area contributed by atoms with Crippen molar-refractivity contribution in [3.8, 4) is 0 Å². The van der Waals surface area contributed by atoms with Crippen LogP contribution >= 0.6 is 15.9 Å². The van der Waals surface area contributed by atoms with Crippen LogP contribution in [-0.2, 0) is 0 Å². The second kappa shape index (κ2) is 6.43. The molecule has 0 aliphatic heterocycles. The van der Waals surface area contributed by atoms with Crippen LogP contribution in [0.2, 0.25) is 0 Å². The standard InChI is InChI=1S/C14H14BrN3O/c1-2-13(11-7-12(15)9-17-8-11)18-14(19)10-3-5-16-6-4-10/h3-9,13H,2H2,1H3,(H,18,19)/t13-/m1/s1. The molecule has 5 heteroatoms. The van der Waals surface area contributed by atoms with Crippen molar-refractivity contribution in [2.75, 3.05) is 0 Å². The minimum Gasteiger partial charge on any atom is -0.345 e. The number of nitrogens with zero attached hydrogens (tertiary/aromatic N) is 2. The number of nitrogens with one attached hydrogen (secondary N) is 1. The van der Waals surface area contributed by atoms with Crippen molar-refractivity contribution >= 4 is 21.8 Å². The van der Waals surface area contributed by atoms with E-state index in [1.807, 2.05) is 13.0 Å². The summed E-state index contributed by atoms with van der Waals surface area (Å²) in [7, 11) is 0. The van der Waals surface area contributed by atoms with E-state index in [2.05, 4.69) is 31.2 Å². The third kappa shape index (κ3) is 3.61. The number of hydrogen-bond donors (Lipinski definition) is 1. The average molecular weight is 320 g/mol. The molecule has 1 amide bonds. The van der Waals surface area contributed by atoms with Crippen LogP contribution in [0.15, 0.2) is 47.5 Å². The van der Waals surface area contributed by atoms with Crippen molar-refractivity contribution in [3.63, 3.8) is 0 Å². The summed E-state index contributed by atoms with van der Waals surface area (Å²) in [6, 6.07) is 5.31. The molecule has 1 atom stereocenters. The minimum absolute atomic E-state index is 0.0503. The number of aromatic nitrogens is 2. The van der Waals surface area contributed by atoms with E-state index >= 15 is 0 Å². The van der Waals surface area contributed by atoms with E-state index in [9.17, 15) is 4.79 Å². The normalized spacial score (nSPS) is 11.9. The summed E-state index contributed by atoms with van der Waals surface area (Å²) in [6.45, 7) is 2.03. The molecule has 2 aromatic heterocycles. The van der Waals surface area contributed by atoms with E-state index in [-0.39, 0.29) is 11.9 Å². The molecule has 2 rings (SSSR count). The Kier molecular flexibility index (Phi) is 4.63. The van der Waals surface area contributed by atoms with Crippen LogP contribution in [0.3, 0.4) is 0 Å². The topological polar surface area (TPSA) is 54.9 Å². The molecule has 0 unspecified atom stereocenters. The number of carbonyl (C=O) groups excluding carboxylic acids is 1. The summed E-state index contributed by atoms with van der Waals surface area (Å²) in [5.74, 6) is -0.103. The first kappa shape index (κ1) is 13.7. The molecule has 0 aliphatic rings. The molecule has 0 aliphatic carbocycles. The molecule has 0 aromatic carbocycles. The molecule has 1 N–H and O–H groups in total. The monoisotopic (exact) mass is 319 g/mol. The van der Waals surface area contributed by atoms with E-state index in [0.717, 1.165) is 16.5 Å². The van der Waals surface area contributed by atoms with Crippen molar-refractivity contribution in [1.82, 2.24) is 15.3 Å². The van der Waals surface area contributed by atoms with Gasteiger partial charge in [-0.15, -0.1) is 0 Å². The third-order valence-electron chi connectivity index (χ3n) is 2.78. The maximum Gasteiger partial charge on any atom is 0.251 e. The van der Waals surface area contributed by atoms with Gasteiger partial charge < -0.3 is 5.32 Å². The molecule has 0 saturated carbocycles. The van der Waals surface area contributed by atoms with Crippen LogP contribution < -0.4 is 5.32 Å². The van der Waals surface area contributed by atoms with E-state index in [1.165, 1.54) is 0 Å². The molecule has 0 radical (unpaired) electrons. The SMILES string of the molecule is CC[C@@H](NC(=O)c1ccncc1)c1cncc(Br)c1. The van der Waals surface area contributed by atoms with Gasteiger partial charge in [0.2, 0.25) is 0 Å². The summed E-state index contributed by atoms with van der Waals surface area (Å²) in [4.78, 5) is 20.1. The minimum atomic E-state index is -0.103. The van der Waals surface area contributed by atoms with E-state index in [4.69, 9.17) is 0 Å². The van der Waals surface area contributed by atoms with E-state index in [0.29, 0.717) is 5.56 Å². The Bertz CT molecular complexity index is 560. The van der Waals surface area contributed by atoms with E-state index in [1.54, 1.807) is 36.9 Å². The fourth-order valence-corrected chi connectivity index (χ4v) is 2.17. The fraction of sp³-hybridized carbons (Fsp3) is 0.214. The molecular formula is C14H14BrN3O. The van der Waals surface area contributed by atoms with Gasteiger partial charge >= 0.3 is 0 Å². The van der Waals surface area contributed by atoms with Gasteiger partial charge in [-0.2, -0.15) is 0 Å². The van der Waals surface area contributed by atoms with Gasteiger partial charge in [-0.25, -0.2) is 0 Å². The molecule has 2 heterocycles. The van der Waals surface area contributed by atoms with Crippen molar-refractivity contribution < 1.29 is 4.79 Å². The second-order valence-electron chi connectivity index (χ2n) is 4.11. The number of pyridine rings is 2. The largest absolute Gasteiger partial charge is 0.345 e. The van der Waals surface area contributed by atoms with Gasteiger partial charge in [-0.1, -0.05) is 6.92 Å². The van der Waals surface area contributed by atoms with Crippen LogP contribution in [0.5, 0.6) is 0 Å². The van der Waals surface area contributed by atoms with Crippen LogP contribution in [0.1, 0.15) is 35.3 Å². The summed E-state index contributed by atoms with van der Waals surface area (Å²) >= 11 is 3.39. The highest BCUT2D eigenvalue weighted by Crippen LogP contribution is 2.19. The Morgan fingerprint density at radius 1 is 1.32 bits per heavy atom. The highest BCUT2D eigenvalue weighted by atomic mass is 79.9. The number of rotatable bonds is 4. The van der Waals surface area contributed by atoms with Crippen molar-refractivity contribution in [2.45, 2.75) is 19.4 Å². The van der Waals surface area contributed by atoms with Gasteiger partial charge in [-0.05, 0) is 46.1 Å². The van der Waals surface area contributed by atoms with Gasteiger partial charge in [0.25, 0.3) is 5.91 Å². The Hall–Kier alpha value is -1.75. The van der Waals surface area contributed by atoms with Gasteiger partial charge in [0.05, 0.1) is 6.04 Å². The highest BCUT2D eigenvalue weighted by Gasteiger charge is 2.14. The van der Waals surface area contributed by atoms with Gasteiger partial charge in [0.1, 0.15) is 0 Å². The number of hydrogen-bond acceptors (Lipinski definition) is 3. The predicted octanol–water partition coefficient (Wildman–Crippen LogP) is 3.12. The summed E-state index contributed by atoms with van der Waals surface area (Å²) in [5.41, 5.74) is 1.59. The lowest BCUT2D eigenvalue weighted by molar-refractivity contribution is 0.0935. The average Bonchev–Trinajstić information content (AvgIpc) is 2.45. The quantitative estimate of drug-likeness (QED) is 0.942. The highest BCUT2D eigenvalue weighted by molar-refractivity contribution is 9.10. The smallest absolute Gasteiger partial charge is 0.251 e. The lowest BCUT2D eigenvalue weighted by Gasteiger charge is -2.17. The van der Waals surface area contributed by atoms with E-state index < -0.39 is 0 Å². The molecular weight excluding hydrogens is 306 g/mol. The molecule has 0 saturated heterocycles. The molecule has 2 aromatic rings. The summed E-state index contributed by atoms with van der Waals surface area (Å²) in [6.07, 6.45) is 7.51. The molecule has 0 spiro atoms. The Labute approximate surface area is 120 Å². The van der Waals surface area contributed by atoms with Crippen LogP contribution in [0.25, 0.3) is 0 Å². The number of halogens is 1. The molecule has 98 valence electrons. The Morgan fingerprint density at radius 3 is 2.68 bits per heavy atom. The first-order chi connectivity index (χ1) is 9.20. The van der Waals surface area contributed by atoms with Gasteiger partial charge in [0.15, 0.2) is 0 Å². The molecule has 0 fully saturated rings. The molecule has 19 heavy (non-hydrogen) atoms. The van der Waals surface area contributed by atoms with Crippen LogP contribution in [0.4, 0.5) is 0 Å². The zero-order chi connectivity index (χ0) is 13.7. The Morgan fingerprint density at radius 2 is 2.05 bits per heavy atom. The Balaban J connectivity index is 2.14. The van der Waals surface area contributed by atoms with Gasteiger partial charge in [0, 0.05) is 34.8 Å². The number of amides is 1. The van der Waals surface area contributed by atoms with Crippen molar-refractivity contribution in [2.24, 2.45) is 0 Å². The van der Waals surface area contributed by atoms with Gasteiger partial charge in [-0.3, -0.25) is 14.8 Å². The second-order valence-corrected chi connectivity index (χ2v) is 5.02. The predicted molar refractivity (Wildman–Crippen MR) is 76.7 cm³/mol. The summed E-state index contributed by atoms with van der Waals surface area (Å²) < 4.78 is 0.904. The first-order valence-corrected chi connectivity index (χ1v) is 6.81. The lowest BCUT2D eigenvalue weighted by atomic mass is 10.1. The third-order valence-corrected chi connectivity index (χ3v) is 3.22. The zero-order valence-corrected chi connectivity index (χ0v) is 12.1. The van der Waals surface area contributed by atoms with Crippen molar-refractivity contribution in [3.05, 3.63) is 58.6 Å². The number of carbonyl (C=O) groups is 1. The first-order valence-electron chi connectivity index (χ1n) is 6.02. The summed E-state index contributed by atoms with van der Waals surface area (Å²) in [5, 5.41) is 3.00. The van der Waals surface area contributed by atoms with Crippen LogP contribution in [0, 0.1) is 0 Å².